The van der Waals surface area contributed by atoms with Crippen molar-refractivity contribution in [3.63, 3.8) is 0 Å². The fraction of sp³-hybridized carbons (Fsp3) is 0.400. The molecule has 0 aliphatic rings. The quantitative estimate of drug-likeness (QED) is 0.440. The standard InChI is InChI=1S/C10H14N4O4/c1-2-18-9(15)5-6-12-10-7(14(16)17)3-4-8(11)13-10/h3-4H,2,5-6H2,1H3,(H3,11,12,13). The fourth-order valence-corrected chi connectivity index (χ4v) is 1.26. The third-order valence-electron chi connectivity index (χ3n) is 2.02. The first-order valence-corrected chi connectivity index (χ1v) is 5.35. The highest BCUT2D eigenvalue weighted by molar-refractivity contribution is 5.70. The number of carbonyl (C=O) groups excluding carboxylic acids is 1. The van der Waals surface area contributed by atoms with Crippen molar-refractivity contribution in [2.75, 3.05) is 24.2 Å². The van der Waals surface area contributed by atoms with Gasteiger partial charge in [0.1, 0.15) is 5.82 Å². The molecule has 0 aliphatic heterocycles. The summed E-state index contributed by atoms with van der Waals surface area (Å²) < 4.78 is 4.72. The molecule has 1 aromatic rings. The Kier molecular flexibility index (Phi) is 4.85. The van der Waals surface area contributed by atoms with E-state index in [1.165, 1.54) is 12.1 Å². The molecule has 0 saturated carbocycles. The molecule has 0 saturated heterocycles. The van der Waals surface area contributed by atoms with Gasteiger partial charge in [0.05, 0.1) is 18.0 Å². The van der Waals surface area contributed by atoms with Gasteiger partial charge in [-0.2, -0.15) is 0 Å². The monoisotopic (exact) mass is 254 g/mol. The zero-order valence-electron chi connectivity index (χ0n) is 9.88. The van der Waals surface area contributed by atoms with Gasteiger partial charge in [0.25, 0.3) is 0 Å². The summed E-state index contributed by atoms with van der Waals surface area (Å²) in [5.41, 5.74) is 5.25. The van der Waals surface area contributed by atoms with Crippen LogP contribution in [0.5, 0.6) is 0 Å². The van der Waals surface area contributed by atoms with Crippen molar-refractivity contribution in [2.45, 2.75) is 13.3 Å². The predicted octanol–water partition coefficient (Wildman–Crippen LogP) is 0.937. The highest BCUT2D eigenvalue weighted by Crippen LogP contribution is 2.22. The molecule has 0 spiro atoms. The summed E-state index contributed by atoms with van der Waals surface area (Å²) in [6, 6.07) is 2.60. The highest BCUT2D eigenvalue weighted by atomic mass is 16.6. The van der Waals surface area contributed by atoms with E-state index in [2.05, 4.69) is 10.3 Å². The van der Waals surface area contributed by atoms with Gasteiger partial charge >= 0.3 is 11.7 Å². The van der Waals surface area contributed by atoms with Gasteiger partial charge in [-0.15, -0.1) is 0 Å². The smallest absolute Gasteiger partial charge is 0.311 e. The van der Waals surface area contributed by atoms with Crippen molar-refractivity contribution in [1.29, 1.82) is 0 Å². The number of anilines is 2. The lowest BCUT2D eigenvalue weighted by atomic mass is 10.3. The minimum Gasteiger partial charge on any atom is -0.466 e. The Labute approximate surface area is 103 Å². The molecule has 0 amide bonds. The summed E-state index contributed by atoms with van der Waals surface area (Å²) in [6.45, 7) is 2.20. The van der Waals surface area contributed by atoms with E-state index in [-0.39, 0.29) is 36.3 Å². The fourth-order valence-electron chi connectivity index (χ4n) is 1.26. The van der Waals surface area contributed by atoms with Gasteiger partial charge in [0, 0.05) is 12.6 Å². The van der Waals surface area contributed by atoms with Crippen LogP contribution in [0.1, 0.15) is 13.3 Å². The molecule has 1 aromatic heterocycles. The maximum Gasteiger partial charge on any atom is 0.311 e. The van der Waals surface area contributed by atoms with E-state index in [0.717, 1.165) is 0 Å². The lowest BCUT2D eigenvalue weighted by Crippen LogP contribution is -2.13. The van der Waals surface area contributed by atoms with Crippen molar-refractivity contribution >= 4 is 23.3 Å². The topological polar surface area (TPSA) is 120 Å². The Bertz CT molecular complexity index is 450. The van der Waals surface area contributed by atoms with Gasteiger partial charge in [-0.3, -0.25) is 14.9 Å². The van der Waals surface area contributed by atoms with E-state index in [0.29, 0.717) is 6.61 Å². The second-order valence-corrected chi connectivity index (χ2v) is 3.34. The molecule has 0 unspecified atom stereocenters. The van der Waals surface area contributed by atoms with Crippen LogP contribution in [0.2, 0.25) is 0 Å². The van der Waals surface area contributed by atoms with E-state index >= 15 is 0 Å². The normalized spacial score (nSPS) is 9.83. The molecule has 8 heteroatoms. The first-order valence-electron chi connectivity index (χ1n) is 5.35. The van der Waals surface area contributed by atoms with Crippen LogP contribution in [0.25, 0.3) is 0 Å². The molecule has 0 radical (unpaired) electrons. The van der Waals surface area contributed by atoms with Crippen molar-refractivity contribution in [3.05, 3.63) is 22.2 Å². The summed E-state index contributed by atoms with van der Waals surface area (Å²) in [5.74, 6) is -0.167. The number of nitro groups is 1. The number of hydrogen-bond donors (Lipinski definition) is 2. The largest absolute Gasteiger partial charge is 0.466 e. The van der Waals surface area contributed by atoms with Crippen molar-refractivity contribution in [3.8, 4) is 0 Å². The first kappa shape index (κ1) is 13.7. The Morgan fingerprint density at radius 1 is 1.61 bits per heavy atom. The third kappa shape index (κ3) is 3.89. The number of nitrogen functional groups attached to an aromatic ring is 1. The molecule has 0 aromatic carbocycles. The van der Waals surface area contributed by atoms with Gasteiger partial charge < -0.3 is 15.8 Å². The van der Waals surface area contributed by atoms with Gasteiger partial charge in [0.15, 0.2) is 0 Å². The Morgan fingerprint density at radius 2 is 2.33 bits per heavy atom. The lowest BCUT2D eigenvalue weighted by Gasteiger charge is -2.06. The molecule has 0 fully saturated rings. The summed E-state index contributed by atoms with van der Waals surface area (Å²) in [7, 11) is 0. The van der Waals surface area contributed by atoms with Gasteiger partial charge in [-0.1, -0.05) is 0 Å². The average Bonchev–Trinajstić information content (AvgIpc) is 2.29. The van der Waals surface area contributed by atoms with Crippen LogP contribution in [0.3, 0.4) is 0 Å². The minimum atomic E-state index is -0.570. The molecule has 3 N–H and O–H groups in total. The van der Waals surface area contributed by atoms with Crippen LogP contribution in [-0.4, -0.2) is 29.0 Å². The van der Waals surface area contributed by atoms with Gasteiger partial charge in [-0.25, -0.2) is 4.98 Å². The second-order valence-electron chi connectivity index (χ2n) is 3.34. The maximum absolute atomic E-state index is 11.1. The molecule has 1 heterocycles. The van der Waals surface area contributed by atoms with Crippen LogP contribution >= 0.6 is 0 Å². The third-order valence-corrected chi connectivity index (χ3v) is 2.02. The van der Waals surface area contributed by atoms with Crippen LogP contribution in [0.4, 0.5) is 17.3 Å². The molecule has 98 valence electrons. The van der Waals surface area contributed by atoms with E-state index < -0.39 is 4.92 Å². The molecular formula is C10H14N4O4. The van der Waals surface area contributed by atoms with Crippen molar-refractivity contribution in [2.24, 2.45) is 0 Å². The number of ether oxygens (including phenoxy) is 1. The van der Waals surface area contributed by atoms with E-state index in [1.54, 1.807) is 6.92 Å². The molecule has 0 bridgehead atoms. The number of pyridine rings is 1. The van der Waals surface area contributed by atoms with Crippen molar-refractivity contribution in [1.82, 2.24) is 4.98 Å². The summed E-state index contributed by atoms with van der Waals surface area (Å²) in [6.07, 6.45) is 0.0987. The number of carbonyl (C=O) groups is 1. The van der Waals surface area contributed by atoms with Crippen LogP contribution < -0.4 is 11.1 Å². The van der Waals surface area contributed by atoms with Crippen molar-refractivity contribution < 1.29 is 14.5 Å². The number of aromatic nitrogens is 1. The summed E-state index contributed by atoms with van der Waals surface area (Å²) in [4.78, 5) is 25.0. The zero-order chi connectivity index (χ0) is 13.5. The Balaban J connectivity index is 2.63. The van der Waals surface area contributed by atoms with E-state index in [4.69, 9.17) is 10.5 Å². The van der Waals surface area contributed by atoms with E-state index in [9.17, 15) is 14.9 Å². The maximum atomic E-state index is 11.1. The lowest BCUT2D eigenvalue weighted by molar-refractivity contribution is -0.384. The molecular weight excluding hydrogens is 240 g/mol. The first-order chi connectivity index (χ1) is 8.54. The number of nitrogens with zero attached hydrogens (tertiary/aromatic N) is 2. The molecule has 18 heavy (non-hydrogen) atoms. The number of hydrogen-bond acceptors (Lipinski definition) is 7. The number of nitrogens with one attached hydrogen (secondary N) is 1. The Morgan fingerprint density at radius 3 is 2.94 bits per heavy atom. The minimum absolute atomic E-state index is 0.0456. The predicted molar refractivity (Wildman–Crippen MR) is 65.0 cm³/mol. The van der Waals surface area contributed by atoms with Gasteiger partial charge in [-0.05, 0) is 13.0 Å². The molecule has 1 rings (SSSR count). The van der Waals surface area contributed by atoms with Gasteiger partial charge in [0.2, 0.25) is 5.82 Å². The SMILES string of the molecule is CCOC(=O)CCNc1nc(N)ccc1[N+](=O)[O-]. The van der Waals surface area contributed by atoms with Crippen LogP contribution in [0, 0.1) is 10.1 Å². The highest BCUT2D eigenvalue weighted by Gasteiger charge is 2.15. The number of rotatable bonds is 6. The Hall–Kier alpha value is -2.38. The average molecular weight is 254 g/mol. The summed E-state index contributed by atoms with van der Waals surface area (Å²) >= 11 is 0. The van der Waals surface area contributed by atoms with Crippen LogP contribution in [-0.2, 0) is 9.53 Å². The number of nitrogens with two attached hydrogens (primary N) is 1. The second kappa shape index (κ2) is 6.38. The molecule has 0 atom stereocenters. The van der Waals surface area contributed by atoms with Crippen LogP contribution in [0.15, 0.2) is 12.1 Å². The number of esters is 1. The van der Waals surface area contributed by atoms with E-state index in [1.807, 2.05) is 0 Å². The molecule has 0 aliphatic carbocycles. The zero-order valence-corrected chi connectivity index (χ0v) is 9.88. The summed E-state index contributed by atoms with van der Waals surface area (Å²) in [5, 5.41) is 13.4. The molecule has 8 nitrogen and oxygen atoms in total.